The fraction of sp³-hybridized carbons (Fsp3) is 0.148. The summed E-state index contributed by atoms with van der Waals surface area (Å²) in [5.74, 6) is -0.717. The van der Waals surface area contributed by atoms with Gasteiger partial charge in [0, 0.05) is 23.1 Å². The highest BCUT2D eigenvalue weighted by molar-refractivity contribution is 6.09. The molecule has 4 N–H and O–H groups in total. The Hall–Kier alpha value is -4.79. The van der Waals surface area contributed by atoms with Crippen LogP contribution in [0, 0.1) is 5.92 Å². The third-order valence-electron chi connectivity index (χ3n) is 6.89. The predicted molar refractivity (Wildman–Crippen MR) is 134 cm³/mol. The van der Waals surface area contributed by atoms with Crippen molar-refractivity contribution in [1.29, 1.82) is 0 Å². The first-order chi connectivity index (χ1) is 17.6. The average molecular weight is 479 g/mol. The summed E-state index contributed by atoms with van der Waals surface area (Å²) in [6.45, 7) is 0. The predicted octanol–water partition coefficient (Wildman–Crippen LogP) is 4.32. The summed E-state index contributed by atoms with van der Waals surface area (Å²) in [6.07, 6.45) is 4.77. The number of anilines is 2. The minimum Gasteiger partial charge on any atom is -0.480 e. The molecule has 3 unspecified atom stereocenters. The van der Waals surface area contributed by atoms with Crippen LogP contribution < -0.4 is 10.6 Å². The smallest absolute Gasteiger partial charge is 0.326 e. The molecule has 4 aromatic rings. The van der Waals surface area contributed by atoms with Crippen LogP contribution in [0.5, 0.6) is 0 Å². The summed E-state index contributed by atoms with van der Waals surface area (Å²) in [7, 11) is 0. The number of carbonyl (C=O) groups is 2. The molecular formula is C27H22N6O3. The molecule has 0 spiro atoms. The number of nitrogens with one attached hydrogen (secondary N) is 3. The monoisotopic (exact) mass is 478 g/mol. The van der Waals surface area contributed by atoms with Crippen molar-refractivity contribution < 1.29 is 14.7 Å². The molecule has 0 fully saturated rings. The van der Waals surface area contributed by atoms with Crippen molar-refractivity contribution in [3.8, 4) is 22.5 Å². The number of H-pyrrole nitrogens is 1. The van der Waals surface area contributed by atoms with E-state index in [0.29, 0.717) is 29.2 Å². The van der Waals surface area contributed by atoms with Crippen LogP contribution in [0.15, 0.2) is 78.9 Å². The molecule has 0 saturated heterocycles. The summed E-state index contributed by atoms with van der Waals surface area (Å²) < 4.78 is 0. The third kappa shape index (κ3) is 3.70. The summed E-state index contributed by atoms with van der Waals surface area (Å²) in [5, 5.41) is 30.0. The summed E-state index contributed by atoms with van der Waals surface area (Å²) in [5.41, 5.74) is 5.35. The van der Waals surface area contributed by atoms with Crippen LogP contribution in [-0.4, -0.2) is 43.6 Å². The number of hydrogen-bond donors (Lipinski definition) is 4. The Bertz CT molecular complexity index is 1480. The molecule has 0 saturated carbocycles. The number of para-hydroxylation sites is 1. The highest BCUT2D eigenvalue weighted by Gasteiger charge is 2.41. The molecule has 1 aromatic heterocycles. The number of aromatic nitrogens is 4. The van der Waals surface area contributed by atoms with Gasteiger partial charge in [0.1, 0.15) is 6.04 Å². The number of carboxylic acids is 1. The number of carbonyl (C=O) groups excluding carboxylic acids is 1. The van der Waals surface area contributed by atoms with Gasteiger partial charge in [-0.1, -0.05) is 60.7 Å². The Morgan fingerprint density at radius 1 is 0.972 bits per heavy atom. The van der Waals surface area contributed by atoms with Gasteiger partial charge in [-0.3, -0.25) is 4.79 Å². The van der Waals surface area contributed by atoms with E-state index in [4.69, 9.17) is 0 Å². The van der Waals surface area contributed by atoms with E-state index >= 15 is 0 Å². The molecular weight excluding hydrogens is 456 g/mol. The molecule has 2 heterocycles. The number of benzene rings is 3. The zero-order valence-electron chi connectivity index (χ0n) is 19.1. The number of fused-ring (bicyclic) bond motifs is 3. The second kappa shape index (κ2) is 8.77. The van der Waals surface area contributed by atoms with Gasteiger partial charge in [0.2, 0.25) is 0 Å². The number of aliphatic carboxylic acids is 1. The van der Waals surface area contributed by atoms with Crippen LogP contribution in [-0.2, 0) is 4.79 Å². The minimum atomic E-state index is -0.911. The molecule has 2 aliphatic rings. The summed E-state index contributed by atoms with van der Waals surface area (Å²) in [6, 6.07) is 20.1. The Kier molecular flexibility index (Phi) is 5.29. The Labute approximate surface area is 206 Å². The van der Waals surface area contributed by atoms with Crippen LogP contribution in [0.1, 0.15) is 28.3 Å². The Morgan fingerprint density at radius 2 is 1.78 bits per heavy atom. The number of rotatable bonds is 5. The van der Waals surface area contributed by atoms with Crippen LogP contribution in [0.3, 0.4) is 0 Å². The lowest BCUT2D eigenvalue weighted by molar-refractivity contribution is -0.139. The number of carboxylic acid groups (broad SMARTS) is 1. The van der Waals surface area contributed by atoms with Gasteiger partial charge in [0.05, 0.1) is 11.3 Å². The van der Waals surface area contributed by atoms with E-state index in [-0.39, 0.29) is 17.7 Å². The number of nitrogens with zero attached hydrogens (tertiary/aromatic N) is 3. The first kappa shape index (κ1) is 21.7. The van der Waals surface area contributed by atoms with E-state index in [0.717, 1.165) is 22.3 Å². The standard InChI is InChI=1S/C27H22N6O3/c34-26(22-10-4-8-19-18-7-3-9-20(18)24(27(35)36)29-23(19)22)28-16-13-11-15(12-14-16)17-5-1-2-6-21(17)25-30-32-33-31-25/h1-8,10-14,18,20,24,29H,9H2,(H,28,34)(H,35,36)(H,30,31,32,33). The maximum absolute atomic E-state index is 13.3. The van der Waals surface area contributed by atoms with Crippen LogP contribution in [0.4, 0.5) is 11.4 Å². The molecule has 1 amide bonds. The quantitative estimate of drug-likeness (QED) is 0.314. The maximum atomic E-state index is 13.3. The lowest BCUT2D eigenvalue weighted by atomic mass is 9.78. The van der Waals surface area contributed by atoms with Crippen LogP contribution in [0.2, 0.25) is 0 Å². The molecule has 9 nitrogen and oxygen atoms in total. The van der Waals surface area contributed by atoms with E-state index in [2.05, 4.69) is 31.3 Å². The van der Waals surface area contributed by atoms with Gasteiger partial charge in [-0.05, 0) is 51.7 Å². The van der Waals surface area contributed by atoms with Crippen molar-refractivity contribution in [2.75, 3.05) is 10.6 Å². The van der Waals surface area contributed by atoms with Gasteiger partial charge in [-0.25, -0.2) is 9.89 Å². The normalized spacial score (nSPS) is 19.7. The van der Waals surface area contributed by atoms with Gasteiger partial charge in [-0.2, -0.15) is 0 Å². The second-order valence-corrected chi connectivity index (χ2v) is 8.91. The number of hydrogen-bond acceptors (Lipinski definition) is 6. The van der Waals surface area contributed by atoms with E-state index in [1.165, 1.54) is 0 Å². The Balaban J connectivity index is 1.27. The molecule has 1 aliphatic heterocycles. The summed E-state index contributed by atoms with van der Waals surface area (Å²) in [4.78, 5) is 25.2. The van der Waals surface area contributed by atoms with Crippen molar-refractivity contribution in [1.82, 2.24) is 20.6 Å². The van der Waals surface area contributed by atoms with Crippen molar-refractivity contribution in [2.24, 2.45) is 5.92 Å². The highest BCUT2D eigenvalue weighted by Crippen LogP contribution is 2.45. The lowest BCUT2D eigenvalue weighted by Crippen LogP contribution is -2.42. The molecule has 3 atom stereocenters. The van der Waals surface area contributed by atoms with Gasteiger partial charge in [0.25, 0.3) is 5.91 Å². The van der Waals surface area contributed by atoms with Crippen LogP contribution in [0.25, 0.3) is 22.5 Å². The fourth-order valence-electron chi connectivity index (χ4n) is 5.20. The van der Waals surface area contributed by atoms with E-state index < -0.39 is 12.0 Å². The van der Waals surface area contributed by atoms with Gasteiger partial charge in [-0.15, -0.1) is 5.10 Å². The molecule has 36 heavy (non-hydrogen) atoms. The van der Waals surface area contributed by atoms with E-state index in [9.17, 15) is 14.7 Å². The van der Waals surface area contributed by atoms with Gasteiger partial charge >= 0.3 is 5.97 Å². The minimum absolute atomic E-state index is 0.0194. The third-order valence-corrected chi connectivity index (χ3v) is 6.89. The zero-order chi connectivity index (χ0) is 24.6. The molecule has 1 aliphatic carbocycles. The van der Waals surface area contributed by atoms with Gasteiger partial charge in [0.15, 0.2) is 5.82 Å². The number of tetrazole rings is 1. The SMILES string of the molecule is O=C(Nc1ccc(-c2ccccc2-c2nnn[nH]2)cc1)c1cccc2c1NC(C(=O)O)C1CC=CC21. The van der Waals surface area contributed by atoms with E-state index in [1.807, 2.05) is 72.8 Å². The molecule has 6 rings (SSSR count). The number of amides is 1. The fourth-order valence-corrected chi connectivity index (χ4v) is 5.20. The first-order valence-corrected chi connectivity index (χ1v) is 11.6. The van der Waals surface area contributed by atoms with Crippen molar-refractivity contribution in [2.45, 2.75) is 18.4 Å². The van der Waals surface area contributed by atoms with Crippen LogP contribution >= 0.6 is 0 Å². The van der Waals surface area contributed by atoms with Crippen molar-refractivity contribution in [3.05, 3.63) is 90.0 Å². The zero-order valence-corrected chi connectivity index (χ0v) is 19.1. The largest absolute Gasteiger partial charge is 0.480 e. The van der Waals surface area contributed by atoms with E-state index in [1.54, 1.807) is 6.07 Å². The number of allylic oxidation sites excluding steroid dienone is 2. The average Bonchev–Trinajstić information content (AvgIpc) is 3.61. The first-order valence-electron chi connectivity index (χ1n) is 11.6. The van der Waals surface area contributed by atoms with Crippen molar-refractivity contribution >= 4 is 23.3 Å². The lowest BCUT2D eigenvalue weighted by Gasteiger charge is -2.35. The Morgan fingerprint density at radius 3 is 2.53 bits per heavy atom. The molecule has 3 aromatic carbocycles. The second-order valence-electron chi connectivity index (χ2n) is 8.91. The summed E-state index contributed by atoms with van der Waals surface area (Å²) >= 11 is 0. The highest BCUT2D eigenvalue weighted by atomic mass is 16.4. The van der Waals surface area contributed by atoms with Crippen molar-refractivity contribution in [3.63, 3.8) is 0 Å². The maximum Gasteiger partial charge on any atom is 0.326 e. The molecule has 178 valence electrons. The van der Waals surface area contributed by atoms with Gasteiger partial charge < -0.3 is 15.7 Å². The molecule has 9 heteroatoms. The number of aromatic amines is 1. The molecule has 0 radical (unpaired) electrons. The topological polar surface area (TPSA) is 133 Å². The molecule has 0 bridgehead atoms.